The van der Waals surface area contributed by atoms with E-state index in [1.165, 1.54) is 6.42 Å². The van der Waals surface area contributed by atoms with Crippen LogP contribution in [-0.4, -0.2) is 18.2 Å². The lowest BCUT2D eigenvalue weighted by atomic mass is 9.85. The standard InChI is InChI=1S/C10H21NO/c1-3-6-10(4-2)8-9(11)5-7-12-10/h9H,3-8,11H2,1-2H3. The summed E-state index contributed by atoms with van der Waals surface area (Å²) >= 11 is 0. The minimum Gasteiger partial charge on any atom is -0.375 e. The maximum Gasteiger partial charge on any atom is 0.0694 e. The summed E-state index contributed by atoms with van der Waals surface area (Å²) in [7, 11) is 0. The fourth-order valence-electron chi connectivity index (χ4n) is 2.12. The molecule has 2 N–H and O–H groups in total. The van der Waals surface area contributed by atoms with Gasteiger partial charge in [0, 0.05) is 12.6 Å². The molecule has 0 bridgehead atoms. The lowest BCUT2D eigenvalue weighted by Gasteiger charge is -2.39. The number of rotatable bonds is 3. The maximum absolute atomic E-state index is 5.94. The third-order valence-corrected chi connectivity index (χ3v) is 2.88. The van der Waals surface area contributed by atoms with E-state index in [1.54, 1.807) is 0 Å². The van der Waals surface area contributed by atoms with Gasteiger partial charge in [0.15, 0.2) is 0 Å². The Kier molecular flexibility index (Phi) is 3.53. The zero-order valence-corrected chi connectivity index (χ0v) is 8.31. The van der Waals surface area contributed by atoms with E-state index >= 15 is 0 Å². The molecular formula is C10H21NO. The van der Waals surface area contributed by atoms with Crippen LogP contribution in [0.3, 0.4) is 0 Å². The summed E-state index contributed by atoms with van der Waals surface area (Å²) in [5.41, 5.74) is 6.05. The van der Waals surface area contributed by atoms with Crippen molar-refractivity contribution in [3.05, 3.63) is 0 Å². The van der Waals surface area contributed by atoms with Crippen molar-refractivity contribution in [1.29, 1.82) is 0 Å². The van der Waals surface area contributed by atoms with Crippen molar-refractivity contribution < 1.29 is 4.74 Å². The molecule has 1 aliphatic rings. The van der Waals surface area contributed by atoms with Gasteiger partial charge in [0.1, 0.15) is 0 Å². The summed E-state index contributed by atoms with van der Waals surface area (Å²) in [6.07, 6.45) is 5.55. The van der Waals surface area contributed by atoms with Crippen LogP contribution in [0.1, 0.15) is 46.0 Å². The van der Waals surface area contributed by atoms with Gasteiger partial charge in [-0.15, -0.1) is 0 Å². The van der Waals surface area contributed by atoms with E-state index in [4.69, 9.17) is 10.5 Å². The van der Waals surface area contributed by atoms with Gasteiger partial charge < -0.3 is 10.5 Å². The van der Waals surface area contributed by atoms with Crippen LogP contribution < -0.4 is 5.73 Å². The van der Waals surface area contributed by atoms with Crippen LogP contribution in [0.5, 0.6) is 0 Å². The number of hydrogen-bond acceptors (Lipinski definition) is 2. The van der Waals surface area contributed by atoms with Crippen LogP contribution in [0, 0.1) is 0 Å². The second-order valence-corrected chi connectivity index (χ2v) is 3.89. The predicted octanol–water partition coefficient (Wildman–Crippen LogP) is 2.07. The highest BCUT2D eigenvalue weighted by Crippen LogP contribution is 2.31. The first-order chi connectivity index (χ1) is 5.72. The molecule has 0 spiro atoms. The maximum atomic E-state index is 5.94. The van der Waals surface area contributed by atoms with Crippen LogP contribution in [0.25, 0.3) is 0 Å². The quantitative estimate of drug-likeness (QED) is 0.705. The van der Waals surface area contributed by atoms with E-state index < -0.39 is 0 Å². The largest absolute Gasteiger partial charge is 0.375 e. The minimum absolute atomic E-state index is 0.117. The first kappa shape index (κ1) is 10.0. The molecule has 0 aromatic rings. The monoisotopic (exact) mass is 171 g/mol. The van der Waals surface area contributed by atoms with Crippen molar-refractivity contribution in [3.63, 3.8) is 0 Å². The third-order valence-electron chi connectivity index (χ3n) is 2.88. The summed E-state index contributed by atoms with van der Waals surface area (Å²) in [4.78, 5) is 0. The lowest BCUT2D eigenvalue weighted by molar-refractivity contribution is -0.0919. The van der Waals surface area contributed by atoms with Gasteiger partial charge in [-0.05, 0) is 25.7 Å². The SMILES string of the molecule is CCCC1(CC)CC(N)CCO1. The van der Waals surface area contributed by atoms with E-state index in [1.807, 2.05) is 0 Å². The molecule has 2 unspecified atom stereocenters. The number of ether oxygens (including phenoxy) is 1. The summed E-state index contributed by atoms with van der Waals surface area (Å²) in [6, 6.07) is 0.366. The van der Waals surface area contributed by atoms with Gasteiger partial charge >= 0.3 is 0 Å². The highest BCUT2D eigenvalue weighted by atomic mass is 16.5. The van der Waals surface area contributed by atoms with Crippen LogP contribution in [0.2, 0.25) is 0 Å². The topological polar surface area (TPSA) is 35.2 Å². The molecular weight excluding hydrogens is 150 g/mol. The van der Waals surface area contributed by atoms with E-state index in [2.05, 4.69) is 13.8 Å². The lowest BCUT2D eigenvalue weighted by Crippen LogP contribution is -2.44. The van der Waals surface area contributed by atoms with Gasteiger partial charge in [-0.3, -0.25) is 0 Å². The Morgan fingerprint density at radius 3 is 2.75 bits per heavy atom. The van der Waals surface area contributed by atoms with Crippen molar-refractivity contribution >= 4 is 0 Å². The summed E-state index contributed by atoms with van der Waals surface area (Å²) < 4.78 is 5.85. The Hall–Kier alpha value is -0.0800. The Balaban J connectivity index is 2.51. The first-order valence-corrected chi connectivity index (χ1v) is 5.12. The average molecular weight is 171 g/mol. The molecule has 1 heterocycles. The molecule has 2 nitrogen and oxygen atoms in total. The molecule has 1 fully saturated rings. The fraction of sp³-hybridized carbons (Fsp3) is 1.00. The average Bonchev–Trinajstić information content (AvgIpc) is 2.05. The van der Waals surface area contributed by atoms with Gasteiger partial charge in [-0.2, -0.15) is 0 Å². The predicted molar refractivity (Wildman–Crippen MR) is 51.1 cm³/mol. The van der Waals surface area contributed by atoms with E-state index in [0.29, 0.717) is 6.04 Å². The molecule has 0 amide bonds. The molecule has 1 rings (SSSR count). The van der Waals surface area contributed by atoms with Crippen molar-refractivity contribution in [2.45, 2.75) is 57.6 Å². The molecule has 0 aromatic heterocycles. The normalized spacial score (nSPS) is 36.8. The number of nitrogens with two attached hydrogens (primary N) is 1. The molecule has 2 heteroatoms. The molecule has 2 atom stereocenters. The van der Waals surface area contributed by atoms with Crippen molar-refractivity contribution in [2.75, 3.05) is 6.61 Å². The smallest absolute Gasteiger partial charge is 0.0694 e. The highest BCUT2D eigenvalue weighted by molar-refractivity contribution is 4.87. The fourth-order valence-corrected chi connectivity index (χ4v) is 2.12. The van der Waals surface area contributed by atoms with Crippen molar-refractivity contribution in [2.24, 2.45) is 5.73 Å². The first-order valence-electron chi connectivity index (χ1n) is 5.12. The Morgan fingerprint density at radius 2 is 2.25 bits per heavy atom. The van der Waals surface area contributed by atoms with Crippen LogP contribution in [0.15, 0.2) is 0 Å². The number of hydrogen-bond donors (Lipinski definition) is 1. The zero-order valence-electron chi connectivity index (χ0n) is 8.31. The highest BCUT2D eigenvalue weighted by Gasteiger charge is 2.33. The van der Waals surface area contributed by atoms with Gasteiger partial charge in [0.2, 0.25) is 0 Å². The second kappa shape index (κ2) is 4.24. The van der Waals surface area contributed by atoms with Crippen LogP contribution in [-0.2, 0) is 4.74 Å². The molecule has 0 aliphatic carbocycles. The Bertz CT molecular complexity index is 134. The van der Waals surface area contributed by atoms with E-state index in [0.717, 1.165) is 32.3 Å². The van der Waals surface area contributed by atoms with E-state index in [9.17, 15) is 0 Å². The summed E-state index contributed by atoms with van der Waals surface area (Å²) in [6.45, 7) is 5.27. The zero-order chi connectivity index (χ0) is 9.03. The molecule has 12 heavy (non-hydrogen) atoms. The Morgan fingerprint density at radius 1 is 1.50 bits per heavy atom. The van der Waals surface area contributed by atoms with Crippen LogP contribution >= 0.6 is 0 Å². The molecule has 0 aromatic carbocycles. The molecule has 0 radical (unpaired) electrons. The Labute approximate surface area is 75.5 Å². The van der Waals surface area contributed by atoms with E-state index in [-0.39, 0.29) is 5.60 Å². The minimum atomic E-state index is 0.117. The van der Waals surface area contributed by atoms with Gasteiger partial charge in [0.05, 0.1) is 5.60 Å². The van der Waals surface area contributed by atoms with Crippen LogP contribution in [0.4, 0.5) is 0 Å². The molecule has 1 aliphatic heterocycles. The summed E-state index contributed by atoms with van der Waals surface area (Å²) in [5, 5.41) is 0. The van der Waals surface area contributed by atoms with Crippen molar-refractivity contribution in [1.82, 2.24) is 0 Å². The second-order valence-electron chi connectivity index (χ2n) is 3.89. The van der Waals surface area contributed by atoms with Gasteiger partial charge in [0.25, 0.3) is 0 Å². The van der Waals surface area contributed by atoms with Gasteiger partial charge in [-0.1, -0.05) is 20.3 Å². The molecule has 0 saturated carbocycles. The third kappa shape index (κ3) is 2.20. The summed E-state index contributed by atoms with van der Waals surface area (Å²) in [5.74, 6) is 0. The molecule has 72 valence electrons. The van der Waals surface area contributed by atoms with Gasteiger partial charge in [-0.25, -0.2) is 0 Å². The van der Waals surface area contributed by atoms with Crippen molar-refractivity contribution in [3.8, 4) is 0 Å². The molecule has 1 saturated heterocycles.